The van der Waals surface area contributed by atoms with Gasteiger partial charge in [0.25, 0.3) is 0 Å². The molecular formula is C28H32F3N3O4. The van der Waals surface area contributed by atoms with Gasteiger partial charge < -0.3 is 14.2 Å². The molecule has 1 aliphatic carbocycles. The molecule has 1 saturated carbocycles. The summed E-state index contributed by atoms with van der Waals surface area (Å²) in [5.41, 5.74) is 2.82. The average molecular weight is 532 g/mol. The van der Waals surface area contributed by atoms with Gasteiger partial charge in [-0.3, -0.25) is 9.69 Å². The van der Waals surface area contributed by atoms with Crippen LogP contribution in [0.2, 0.25) is 0 Å². The van der Waals surface area contributed by atoms with Crippen molar-refractivity contribution in [3.05, 3.63) is 47.8 Å². The van der Waals surface area contributed by atoms with E-state index in [1.807, 2.05) is 12.3 Å². The summed E-state index contributed by atoms with van der Waals surface area (Å²) in [4.78, 5) is 15.3. The molecule has 2 atom stereocenters. The minimum Gasteiger partial charge on any atom is -0.496 e. The molecule has 2 fully saturated rings. The summed E-state index contributed by atoms with van der Waals surface area (Å²) in [6.07, 6.45) is 2.80. The average Bonchev–Trinajstić information content (AvgIpc) is 3.40. The Morgan fingerprint density at radius 2 is 1.92 bits per heavy atom. The fourth-order valence-electron chi connectivity index (χ4n) is 5.15. The van der Waals surface area contributed by atoms with Crippen molar-refractivity contribution < 1.29 is 32.2 Å². The van der Waals surface area contributed by atoms with Crippen molar-refractivity contribution in [1.82, 2.24) is 14.5 Å². The molecule has 7 nitrogen and oxygen atoms in total. The number of ketones is 1. The number of Topliss-reactive ketones (excluding diaryl/α,β-unsaturated/α-hetero) is 1. The van der Waals surface area contributed by atoms with E-state index in [0.717, 1.165) is 43.9 Å². The predicted octanol–water partition coefficient (Wildman–Crippen LogP) is 5.15. The maximum absolute atomic E-state index is 13.4. The first-order valence-electron chi connectivity index (χ1n) is 12.8. The standard InChI is InChI=1S/C28H32F3N3O4/c1-28(2,16-33-6-8-37-9-7-33)19-4-5-22-20(14-32-34(22)15-19)17-12-24(36-3)26(25(13-17)38-27(30)31)23(35)11-18-10-21(18)29/h4-5,12-15,18,21,27H,6-11,16H2,1-3H3/t18-,21-/m0/s1. The van der Waals surface area contributed by atoms with E-state index in [2.05, 4.69) is 29.9 Å². The third-order valence-corrected chi connectivity index (χ3v) is 7.40. The van der Waals surface area contributed by atoms with Gasteiger partial charge in [-0.15, -0.1) is 0 Å². The number of hydrogen-bond acceptors (Lipinski definition) is 6. The molecule has 2 aromatic heterocycles. The molecule has 0 spiro atoms. The Morgan fingerprint density at radius 1 is 1.21 bits per heavy atom. The zero-order valence-corrected chi connectivity index (χ0v) is 21.8. The second-order valence-corrected chi connectivity index (χ2v) is 10.6. The fourth-order valence-corrected chi connectivity index (χ4v) is 5.15. The second-order valence-electron chi connectivity index (χ2n) is 10.6. The maximum atomic E-state index is 13.4. The van der Waals surface area contributed by atoms with Crippen LogP contribution in [0.15, 0.2) is 36.7 Å². The van der Waals surface area contributed by atoms with Crippen LogP contribution in [0.4, 0.5) is 13.2 Å². The number of rotatable bonds is 10. The minimum atomic E-state index is -3.14. The highest BCUT2D eigenvalue weighted by Gasteiger charge is 2.40. The normalized spacial score (nSPS) is 20.2. The van der Waals surface area contributed by atoms with Crippen LogP contribution < -0.4 is 9.47 Å². The number of morpholine rings is 1. The highest BCUT2D eigenvalue weighted by molar-refractivity contribution is 6.03. The number of nitrogens with zero attached hydrogens (tertiary/aromatic N) is 3. The fraction of sp³-hybridized carbons (Fsp3) is 0.500. The van der Waals surface area contributed by atoms with Gasteiger partial charge in [-0.2, -0.15) is 13.9 Å². The summed E-state index contributed by atoms with van der Waals surface area (Å²) in [6, 6.07) is 7.01. The Morgan fingerprint density at radius 3 is 2.58 bits per heavy atom. The van der Waals surface area contributed by atoms with E-state index < -0.39 is 24.5 Å². The van der Waals surface area contributed by atoms with Gasteiger partial charge in [0.15, 0.2) is 5.78 Å². The number of alkyl halides is 3. The van der Waals surface area contributed by atoms with E-state index in [1.165, 1.54) is 13.2 Å². The summed E-state index contributed by atoms with van der Waals surface area (Å²) in [6.45, 7) is 5.38. The van der Waals surface area contributed by atoms with Gasteiger partial charge in [-0.1, -0.05) is 19.9 Å². The molecule has 0 radical (unpaired) electrons. The Bertz CT molecular complexity index is 1320. The zero-order chi connectivity index (χ0) is 27.0. The van der Waals surface area contributed by atoms with E-state index in [9.17, 15) is 18.0 Å². The molecule has 5 rings (SSSR count). The van der Waals surface area contributed by atoms with Gasteiger partial charge in [-0.25, -0.2) is 8.91 Å². The zero-order valence-electron chi connectivity index (χ0n) is 21.8. The lowest BCUT2D eigenvalue weighted by molar-refractivity contribution is -0.0502. The van der Waals surface area contributed by atoms with Crippen molar-refractivity contribution in [1.29, 1.82) is 0 Å². The highest BCUT2D eigenvalue weighted by atomic mass is 19.3. The van der Waals surface area contributed by atoms with Crippen molar-refractivity contribution >= 4 is 11.3 Å². The van der Waals surface area contributed by atoms with Crippen LogP contribution in [0.25, 0.3) is 16.6 Å². The van der Waals surface area contributed by atoms with E-state index >= 15 is 0 Å². The summed E-state index contributed by atoms with van der Waals surface area (Å²) in [7, 11) is 1.36. The molecule has 0 bridgehead atoms. The van der Waals surface area contributed by atoms with Gasteiger partial charge in [0.1, 0.15) is 23.2 Å². The molecule has 3 aromatic rings. The molecule has 38 heavy (non-hydrogen) atoms. The monoisotopic (exact) mass is 531 g/mol. The molecule has 1 aromatic carbocycles. The molecule has 0 amide bonds. The number of hydrogen-bond donors (Lipinski definition) is 0. The molecule has 2 aliphatic rings. The molecule has 1 saturated heterocycles. The molecule has 204 valence electrons. The summed E-state index contributed by atoms with van der Waals surface area (Å²) < 4.78 is 57.5. The van der Waals surface area contributed by atoms with Crippen LogP contribution in [0.5, 0.6) is 11.5 Å². The summed E-state index contributed by atoms with van der Waals surface area (Å²) in [5.74, 6) is -1.08. The SMILES string of the molecule is COc1cc(-c2cnn3cc(C(C)(C)CN4CCOCC4)ccc23)cc(OC(F)F)c1C(=O)C[C@@H]1C[C@@H]1F. The molecule has 3 heterocycles. The minimum absolute atomic E-state index is 0.0871. The maximum Gasteiger partial charge on any atom is 0.387 e. The molecule has 0 unspecified atom stereocenters. The van der Waals surface area contributed by atoms with Crippen LogP contribution in [-0.2, 0) is 10.2 Å². The number of carbonyl (C=O) groups excluding carboxylic acids is 1. The van der Waals surface area contributed by atoms with Crippen LogP contribution in [-0.4, -0.2) is 73.0 Å². The Hall–Kier alpha value is -3.11. The third-order valence-electron chi connectivity index (χ3n) is 7.40. The van der Waals surface area contributed by atoms with Gasteiger partial charge in [0, 0.05) is 49.1 Å². The van der Waals surface area contributed by atoms with Crippen LogP contribution in [0, 0.1) is 5.92 Å². The topological polar surface area (TPSA) is 65.3 Å². The van der Waals surface area contributed by atoms with Crippen LogP contribution in [0.3, 0.4) is 0 Å². The van der Waals surface area contributed by atoms with Gasteiger partial charge >= 0.3 is 6.61 Å². The largest absolute Gasteiger partial charge is 0.496 e. The Balaban J connectivity index is 1.48. The second kappa shape index (κ2) is 10.6. The van der Waals surface area contributed by atoms with Crippen molar-refractivity contribution in [2.24, 2.45) is 5.92 Å². The number of methoxy groups -OCH3 is 1. The van der Waals surface area contributed by atoms with E-state index in [0.29, 0.717) is 17.5 Å². The van der Waals surface area contributed by atoms with Crippen molar-refractivity contribution in [2.75, 3.05) is 40.0 Å². The molecule has 1 aliphatic heterocycles. The van der Waals surface area contributed by atoms with E-state index in [-0.39, 0.29) is 28.9 Å². The quantitative estimate of drug-likeness (QED) is 0.337. The van der Waals surface area contributed by atoms with Crippen LogP contribution >= 0.6 is 0 Å². The van der Waals surface area contributed by atoms with Crippen molar-refractivity contribution in [3.63, 3.8) is 0 Å². The van der Waals surface area contributed by atoms with Gasteiger partial charge in [-0.05, 0) is 35.7 Å². The molecule has 10 heteroatoms. The Labute approximate surface area is 219 Å². The van der Waals surface area contributed by atoms with E-state index in [1.54, 1.807) is 16.8 Å². The predicted molar refractivity (Wildman–Crippen MR) is 136 cm³/mol. The number of carbonyl (C=O) groups is 1. The van der Waals surface area contributed by atoms with Crippen LogP contribution in [0.1, 0.15) is 42.6 Å². The number of benzene rings is 1. The lowest BCUT2D eigenvalue weighted by Gasteiger charge is -2.35. The Kier molecular flexibility index (Phi) is 7.37. The number of halogens is 3. The molecular weight excluding hydrogens is 499 g/mol. The number of ether oxygens (including phenoxy) is 3. The van der Waals surface area contributed by atoms with E-state index in [4.69, 9.17) is 14.2 Å². The highest BCUT2D eigenvalue weighted by Crippen LogP contribution is 2.42. The number of pyridine rings is 1. The first-order chi connectivity index (χ1) is 18.2. The molecule has 0 N–H and O–H groups in total. The van der Waals surface area contributed by atoms with Gasteiger partial charge in [0.05, 0.1) is 32.0 Å². The third kappa shape index (κ3) is 5.51. The van der Waals surface area contributed by atoms with Gasteiger partial charge in [0.2, 0.25) is 0 Å². The van der Waals surface area contributed by atoms with Crippen molar-refractivity contribution in [3.8, 4) is 22.6 Å². The lowest BCUT2D eigenvalue weighted by atomic mass is 9.85. The smallest absolute Gasteiger partial charge is 0.387 e. The number of aromatic nitrogens is 2. The summed E-state index contributed by atoms with van der Waals surface area (Å²) >= 11 is 0. The summed E-state index contributed by atoms with van der Waals surface area (Å²) in [5, 5.41) is 4.52. The van der Waals surface area contributed by atoms with Crippen molar-refractivity contribution in [2.45, 2.75) is 44.9 Å². The first-order valence-corrected chi connectivity index (χ1v) is 12.8. The first kappa shape index (κ1) is 26.5. The lowest BCUT2D eigenvalue weighted by Crippen LogP contribution is -2.43. The number of fused-ring (bicyclic) bond motifs is 1.